The largest absolute Gasteiger partial charge is 0.486 e. The van der Waals surface area contributed by atoms with Crippen LogP contribution in [0.1, 0.15) is 23.1 Å². The summed E-state index contributed by atoms with van der Waals surface area (Å²) >= 11 is 12.9. The van der Waals surface area contributed by atoms with Crippen LogP contribution in [0.4, 0.5) is 0 Å². The third-order valence-electron chi connectivity index (χ3n) is 6.14. The summed E-state index contributed by atoms with van der Waals surface area (Å²) in [5, 5.41) is 3.61. The zero-order valence-corrected chi connectivity index (χ0v) is 21.5. The molecule has 1 heterocycles. The molecule has 0 fully saturated rings. The molecule has 0 spiro atoms. The number of fused-ring (bicyclic) bond motifs is 1. The molecule has 188 valence electrons. The molecule has 0 radical (unpaired) electrons. The van der Waals surface area contributed by atoms with Gasteiger partial charge in [0.1, 0.15) is 19.3 Å². The van der Waals surface area contributed by atoms with Gasteiger partial charge in [0.15, 0.2) is 11.5 Å². The summed E-state index contributed by atoms with van der Waals surface area (Å²) in [6.45, 7) is 1.13. The van der Waals surface area contributed by atoms with Gasteiger partial charge in [0, 0.05) is 42.0 Å². The van der Waals surface area contributed by atoms with Crippen molar-refractivity contribution < 1.29 is 19.1 Å². The highest BCUT2D eigenvalue weighted by atomic mass is 35.5. The topological polar surface area (TPSA) is 67.9 Å². The van der Waals surface area contributed by atoms with Gasteiger partial charge in [-0.15, -0.1) is 0 Å². The van der Waals surface area contributed by atoms with Crippen LogP contribution in [0, 0.1) is 0 Å². The highest BCUT2D eigenvalue weighted by molar-refractivity contribution is 6.36. The van der Waals surface area contributed by atoms with Crippen LogP contribution in [0.5, 0.6) is 11.5 Å². The first kappa shape index (κ1) is 25.9. The maximum absolute atomic E-state index is 13.7. The number of nitrogens with zero attached hydrogens (tertiary/aromatic N) is 1. The van der Waals surface area contributed by atoms with Crippen molar-refractivity contribution in [3.05, 3.63) is 93.5 Å². The monoisotopic (exact) mass is 526 g/mol. The lowest BCUT2D eigenvalue weighted by Gasteiger charge is -2.32. The van der Waals surface area contributed by atoms with E-state index in [-0.39, 0.29) is 24.8 Å². The average Bonchev–Trinajstić information content (AvgIpc) is 2.90. The van der Waals surface area contributed by atoms with Crippen molar-refractivity contribution in [2.24, 2.45) is 0 Å². The van der Waals surface area contributed by atoms with E-state index < -0.39 is 6.04 Å². The number of nitrogens with one attached hydrogen (secondary N) is 1. The lowest BCUT2D eigenvalue weighted by Crippen LogP contribution is -2.49. The van der Waals surface area contributed by atoms with E-state index in [1.165, 1.54) is 0 Å². The molecule has 0 saturated carbocycles. The fourth-order valence-corrected chi connectivity index (χ4v) is 4.73. The molecule has 1 aliphatic rings. The van der Waals surface area contributed by atoms with Crippen molar-refractivity contribution in [3.8, 4) is 11.5 Å². The Balaban J connectivity index is 1.60. The number of aryl methyl sites for hydroxylation is 1. The van der Waals surface area contributed by atoms with Crippen LogP contribution in [-0.2, 0) is 29.0 Å². The molecule has 1 atom stereocenters. The van der Waals surface area contributed by atoms with Crippen molar-refractivity contribution in [2.75, 3.05) is 20.3 Å². The van der Waals surface area contributed by atoms with Gasteiger partial charge in [-0.25, -0.2) is 0 Å². The Bertz CT molecular complexity index is 1200. The number of hydrogen-bond acceptors (Lipinski definition) is 4. The number of likely N-dealkylation sites (N-methyl/N-ethyl adjacent to an activating group) is 1. The highest BCUT2D eigenvalue weighted by Crippen LogP contribution is 2.31. The van der Waals surface area contributed by atoms with E-state index in [4.69, 9.17) is 32.7 Å². The normalized spacial score (nSPS) is 13.1. The first-order chi connectivity index (χ1) is 17.5. The Kier molecular flexibility index (Phi) is 8.73. The van der Waals surface area contributed by atoms with Gasteiger partial charge >= 0.3 is 0 Å². The van der Waals surface area contributed by atoms with Gasteiger partial charge in [0.2, 0.25) is 11.8 Å². The predicted molar refractivity (Wildman–Crippen MR) is 141 cm³/mol. The van der Waals surface area contributed by atoms with Gasteiger partial charge in [-0.1, -0.05) is 65.7 Å². The van der Waals surface area contributed by atoms with E-state index >= 15 is 0 Å². The summed E-state index contributed by atoms with van der Waals surface area (Å²) in [6, 6.07) is 19.8. The molecule has 1 aliphatic heterocycles. The molecule has 0 bridgehead atoms. The highest BCUT2D eigenvalue weighted by Gasteiger charge is 2.30. The number of benzene rings is 3. The third kappa shape index (κ3) is 6.31. The summed E-state index contributed by atoms with van der Waals surface area (Å²) in [5.74, 6) is 0.951. The second-order valence-electron chi connectivity index (χ2n) is 8.52. The van der Waals surface area contributed by atoms with Gasteiger partial charge < -0.3 is 19.7 Å². The number of carbonyl (C=O) groups excluding carboxylic acids is 2. The van der Waals surface area contributed by atoms with Crippen LogP contribution >= 0.6 is 23.2 Å². The molecular weight excluding hydrogens is 499 g/mol. The Hall–Kier alpha value is -3.22. The predicted octanol–water partition coefficient (Wildman–Crippen LogP) is 5.08. The molecule has 0 aliphatic carbocycles. The van der Waals surface area contributed by atoms with Crippen LogP contribution in [0.3, 0.4) is 0 Å². The first-order valence-electron chi connectivity index (χ1n) is 11.8. The van der Waals surface area contributed by atoms with Gasteiger partial charge in [-0.3, -0.25) is 9.59 Å². The van der Waals surface area contributed by atoms with Crippen LogP contribution < -0.4 is 14.8 Å². The number of ether oxygens (including phenoxy) is 2. The Morgan fingerprint density at radius 2 is 1.61 bits per heavy atom. The van der Waals surface area contributed by atoms with Crippen molar-refractivity contribution >= 4 is 35.0 Å². The van der Waals surface area contributed by atoms with E-state index in [2.05, 4.69) is 5.32 Å². The van der Waals surface area contributed by atoms with Crippen LogP contribution in [0.2, 0.25) is 10.0 Å². The quantitative estimate of drug-likeness (QED) is 0.422. The standard InChI is InChI=1S/C28H28Cl2N2O4/c1-31-28(34)24(16-19-6-3-2-4-7-19)32(18-21-22(29)8-5-9-23(21)30)27(33)13-11-20-10-12-25-26(17-20)36-15-14-35-25/h2-10,12,17,24H,11,13-16,18H2,1H3,(H,31,34)/t24-/m0/s1. The second-order valence-corrected chi connectivity index (χ2v) is 9.33. The van der Waals surface area contributed by atoms with Crippen LogP contribution in [0.25, 0.3) is 0 Å². The average molecular weight is 527 g/mol. The van der Waals surface area contributed by atoms with E-state index in [0.717, 1.165) is 11.1 Å². The smallest absolute Gasteiger partial charge is 0.242 e. The van der Waals surface area contributed by atoms with Crippen LogP contribution in [0.15, 0.2) is 66.7 Å². The number of carbonyl (C=O) groups is 2. The zero-order chi connectivity index (χ0) is 25.5. The molecule has 8 heteroatoms. The summed E-state index contributed by atoms with van der Waals surface area (Å²) in [7, 11) is 1.57. The Morgan fingerprint density at radius 3 is 2.31 bits per heavy atom. The van der Waals surface area contributed by atoms with E-state index in [1.807, 2.05) is 48.5 Å². The molecule has 0 saturated heterocycles. The van der Waals surface area contributed by atoms with Crippen LogP contribution in [-0.4, -0.2) is 43.0 Å². The van der Waals surface area contributed by atoms with E-state index in [9.17, 15) is 9.59 Å². The first-order valence-corrected chi connectivity index (χ1v) is 12.6. The van der Waals surface area contributed by atoms with E-state index in [0.29, 0.717) is 53.2 Å². The molecule has 0 aromatic heterocycles. The summed E-state index contributed by atoms with van der Waals surface area (Å²) < 4.78 is 11.3. The lowest BCUT2D eigenvalue weighted by molar-refractivity contribution is -0.141. The van der Waals surface area contributed by atoms with Crippen molar-refractivity contribution in [2.45, 2.75) is 31.8 Å². The van der Waals surface area contributed by atoms with Crippen molar-refractivity contribution in [3.63, 3.8) is 0 Å². The summed E-state index contributed by atoms with van der Waals surface area (Å²) in [6.07, 6.45) is 1.04. The fourth-order valence-electron chi connectivity index (χ4n) is 4.21. The maximum atomic E-state index is 13.7. The summed E-state index contributed by atoms with van der Waals surface area (Å²) in [5.41, 5.74) is 2.50. The van der Waals surface area contributed by atoms with Gasteiger partial charge in [-0.05, 0) is 41.8 Å². The third-order valence-corrected chi connectivity index (χ3v) is 6.85. The van der Waals surface area contributed by atoms with Gasteiger partial charge in [-0.2, -0.15) is 0 Å². The molecular formula is C28H28Cl2N2O4. The molecule has 1 N–H and O–H groups in total. The fraction of sp³-hybridized carbons (Fsp3) is 0.286. The lowest BCUT2D eigenvalue weighted by atomic mass is 10.0. The number of amides is 2. The van der Waals surface area contributed by atoms with Gasteiger partial charge in [0.25, 0.3) is 0 Å². The minimum atomic E-state index is -0.738. The second kappa shape index (κ2) is 12.2. The molecule has 36 heavy (non-hydrogen) atoms. The maximum Gasteiger partial charge on any atom is 0.242 e. The molecule has 2 amide bonds. The summed E-state index contributed by atoms with van der Waals surface area (Å²) in [4.78, 5) is 28.3. The molecule has 0 unspecified atom stereocenters. The molecule has 3 aromatic carbocycles. The minimum absolute atomic E-state index is 0.114. The van der Waals surface area contributed by atoms with Crippen molar-refractivity contribution in [1.82, 2.24) is 10.2 Å². The molecule has 6 nitrogen and oxygen atoms in total. The Morgan fingerprint density at radius 1 is 0.917 bits per heavy atom. The minimum Gasteiger partial charge on any atom is -0.486 e. The van der Waals surface area contributed by atoms with E-state index in [1.54, 1.807) is 30.1 Å². The SMILES string of the molecule is CNC(=O)[C@H](Cc1ccccc1)N(Cc1c(Cl)cccc1Cl)C(=O)CCc1ccc2c(c1)OCCO2. The molecule has 4 rings (SSSR count). The van der Waals surface area contributed by atoms with Gasteiger partial charge in [0.05, 0.1) is 0 Å². The van der Waals surface area contributed by atoms with Crippen molar-refractivity contribution in [1.29, 1.82) is 0 Å². The Labute approximate surface area is 221 Å². The number of halogens is 2. The molecule has 3 aromatic rings. The number of hydrogen-bond donors (Lipinski definition) is 1. The zero-order valence-electron chi connectivity index (χ0n) is 20.0. The number of rotatable bonds is 9.